The number of aromatic nitrogens is 3. The summed E-state index contributed by atoms with van der Waals surface area (Å²) in [4.78, 5) is 14.1. The van der Waals surface area contributed by atoms with Gasteiger partial charge in [-0.2, -0.15) is 5.26 Å². The van der Waals surface area contributed by atoms with Gasteiger partial charge < -0.3 is 14.8 Å². The van der Waals surface area contributed by atoms with Gasteiger partial charge in [-0.05, 0) is 48.9 Å². The Kier molecular flexibility index (Phi) is 8.33. The molecular weight excluding hydrogens is 494 g/mol. The first-order valence-corrected chi connectivity index (χ1v) is 13.6. The van der Waals surface area contributed by atoms with Crippen molar-refractivity contribution in [2.24, 2.45) is 5.92 Å². The lowest BCUT2D eigenvalue weighted by atomic mass is 9.86. The number of hydrogen-bond donors (Lipinski definition) is 1. The minimum atomic E-state index is -0.178. The Labute approximate surface area is 219 Å². The highest BCUT2D eigenvalue weighted by atomic mass is 32.2. The number of thioether (sulfide) groups is 1. The Balaban J connectivity index is 1.49. The number of rotatable bonds is 10. The van der Waals surface area contributed by atoms with Crippen molar-refractivity contribution in [2.45, 2.75) is 44.3 Å². The number of hydrogen-bond acceptors (Lipinski definition) is 8. The van der Waals surface area contributed by atoms with E-state index in [4.69, 9.17) is 9.47 Å². The molecule has 0 radical (unpaired) electrons. The molecule has 8 nitrogen and oxygen atoms in total. The van der Waals surface area contributed by atoms with Gasteiger partial charge in [0, 0.05) is 17.0 Å². The molecule has 0 aliphatic heterocycles. The number of carbonyl (C=O) groups is 1. The van der Waals surface area contributed by atoms with E-state index in [1.165, 1.54) is 16.6 Å². The fourth-order valence-corrected chi connectivity index (χ4v) is 6.46. The van der Waals surface area contributed by atoms with Crippen LogP contribution in [0.2, 0.25) is 0 Å². The molecule has 1 atom stereocenters. The van der Waals surface area contributed by atoms with Gasteiger partial charge in [0.1, 0.15) is 11.1 Å². The van der Waals surface area contributed by atoms with Gasteiger partial charge in [-0.1, -0.05) is 31.2 Å². The molecule has 1 unspecified atom stereocenters. The molecule has 10 heteroatoms. The molecule has 1 amide bonds. The molecule has 0 saturated heterocycles. The molecule has 1 aliphatic rings. The molecule has 0 bridgehead atoms. The molecule has 4 rings (SSSR count). The molecule has 3 aromatic rings. The van der Waals surface area contributed by atoms with Crippen LogP contribution in [0.25, 0.3) is 11.4 Å². The number of anilines is 1. The van der Waals surface area contributed by atoms with Gasteiger partial charge in [0.05, 0.1) is 25.5 Å². The smallest absolute Gasteiger partial charge is 0.235 e. The number of nitriles is 1. The molecule has 0 saturated carbocycles. The van der Waals surface area contributed by atoms with Crippen LogP contribution in [0.1, 0.15) is 35.8 Å². The van der Waals surface area contributed by atoms with Crippen LogP contribution >= 0.6 is 23.1 Å². The highest BCUT2D eigenvalue weighted by molar-refractivity contribution is 7.99. The maximum absolute atomic E-state index is 12.8. The standard InChI is InChI=1S/C26H29N5O3S2/c1-5-11-31-24(17-8-10-20(33-3)21(13-17)34-4)29-30-26(31)35-15-23(32)28-25-19(14-27)18-9-7-16(6-2)12-22(18)36-25/h5,8,10,13,16H,1,6-7,9,11-12,15H2,2-4H3,(H,28,32). The minimum absolute atomic E-state index is 0.145. The van der Waals surface area contributed by atoms with Crippen LogP contribution in [0.3, 0.4) is 0 Å². The lowest BCUT2D eigenvalue weighted by molar-refractivity contribution is -0.113. The van der Waals surface area contributed by atoms with Gasteiger partial charge in [0.25, 0.3) is 0 Å². The zero-order valence-electron chi connectivity index (χ0n) is 20.7. The molecule has 1 N–H and O–H groups in total. The van der Waals surface area contributed by atoms with E-state index in [0.717, 1.165) is 36.8 Å². The predicted octanol–water partition coefficient (Wildman–Crippen LogP) is 5.33. The number of carbonyl (C=O) groups excluding carboxylic acids is 1. The fraction of sp³-hybridized carbons (Fsp3) is 0.385. The van der Waals surface area contributed by atoms with Gasteiger partial charge in [-0.25, -0.2) is 0 Å². The summed E-state index contributed by atoms with van der Waals surface area (Å²) in [6.07, 6.45) is 5.88. The lowest BCUT2D eigenvalue weighted by Gasteiger charge is -2.20. The second-order valence-electron chi connectivity index (χ2n) is 8.45. The van der Waals surface area contributed by atoms with Crippen molar-refractivity contribution >= 4 is 34.0 Å². The van der Waals surface area contributed by atoms with Crippen molar-refractivity contribution < 1.29 is 14.3 Å². The largest absolute Gasteiger partial charge is 0.493 e. The summed E-state index contributed by atoms with van der Waals surface area (Å²) in [6, 6.07) is 7.86. The van der Waals surface area contributed by atoms with Gasteiger partial charge in [-0.15, -0.1) is 28.1 Å². The van der Waals surface area contributed by atoms with Crippen molar-refractivity contribution in [3.63, 3.8) is 0 Å². The van der Waals surface area contributed by atoms with Crippen LogP contribution in [0.5, 0.6) is 11.5 Å². The zero-order valence-corrected chi connectivity index (χ0v) is 22.3. The van der Waals surface area contributed by atoms with Crippen LogP contribution < -0.4 is 14.8 Å². The summed E-state index contributed by atoms with van der Waals surface area (Å²) < 4.78 is 12.6. The van der Waals surface area contributed by atoms with Crippen molar-refractivity contribution in [1.29, 1.82) is 5.26 Å². The monoisotopic (exact) mass is 523 g/mol. The van der Waals surface area contributed by atoms with Crippen LogP contribution in [-0.4, -0.2) is 40.6 Å². The summed E-state index contributed by atoms with van der Waals surface area (Å²) in [5.41, 5.74) is 2.54. The van der Waals surface area contributed by atoms with E-state index in [2.05, 4.69) is 35.1 Å². The van der Waals surface area contributed by atoms with E-state index < -0.39 is 0 Å². The Bertz CT molecular complexity index is 1310. The average molecular weight is 524 g/mol. The summed E-state index contributed by atoms with van der Waals surface area (Å²) >= 11 is 2.84. The van der Waals surface area contributed by atoms with Gasteiger partial charge in [0.2, 0.25) is 5.91 Å². The molecule has 36 heavy (non-hydrogen) atoms. The average Bonchev–Trinajstić information content (AvgIpc) is 3.46. The number of thiophene rings is 1. The Hall–Kier alpha value is -3.29. The van der Waals surface area contributed by atoms with Crippen molar-refractivity contribution in [3.05, 3.63) is 46.9 Å². The second-order valence-corrected chi connectivity index (χ2v) is 10.5. The number of amides is 1. The van der Waals surface area contributed by atoms with E-state index in [9.17, 15) is 10.1 Å². The molecular formula is C26H29N5O3S2. The SMILES string of the molecule is C=CCn1c(SCC(=O)Nc2sc3c(c2C#N)CCC(CC)C3)nnc1-c1ccc(OC)c(OC)c1. The number of methoxy groups -OCH3 is 2. The number of nitrogens with zero attached hydrogens (tertiary/aromatic N) is 4. The summed E-state index contributed by atoms with van der Waals surface area (Å²) in [6.45, 7) is 6.53. The van der Waals surface area contributed by atoms with E-state index >= 15 is 0 Å². The van der Waals surface area contributed by atoms with Crippen LogP contribution in [0.15, 0.2) is 36.0 Å². The van der Waals surface area contributed by atoms with Gasteiger partial charge >= 0.3 is 0 Å². The molecule has 1 aliphatic carbocycles. The molecule has 1 aromatic carbocycles. The predicted molar refractivity (Wildman–Crippen MR) is 143 cm³/mol. The fourth-order valence-electron chi connectivity index (χ4n) is 4.38. The van der Waals surface area contributed by atoms with Crippen LogP contribution in [0, 0.1) is 17.2 Å². The third kappa shape index (κ3) is 5.27. The maximum Gasteiger partial charge on any atom is 0.235 e. The van der Waals surface area contributed by atoms with Gasteiger partial charge in [0.15, 0.2) is 22.5 Å². The molecule has 0 spiro atoms. The van der Waals surface area contributed by atoms with Crippen LogP contribution in [-0.2, 0) is 24.2 Å². The third-order valence-electron chi connectivity index (χ3n) is 6.31. The van der Waals surface area contributed by atoms with E-state index in [1.54, 1.807) is 31.6 Å². The first-order chi connectivity index (χ1) is 17.5. The van der Waals surface area contributed by atoms with Gasteiger partial charge in [-0.3, -0.25) is 9.36 Å². The Morgan fingerprint density at radius 2 is 2.17 bits per heavy atom. The summed E-state index contributed by atoms with van der Waals surface area (Å²) in [5, 5.41) is 22.6. The topological polar surface area (TPSA) is 102 Å². The van der Waals surface area contributed by atoms with Crippen molar-refractivity contribution in [3.8, 4) is 29.0 Å². The molecule has 2 aromatic heterocycles. The Morgan fingerprint density at radius 1 is 1.36 bits per heavy atom. The van der Waals surface area contributed by atoms with E-state index in [1.807, 2.05) is 22.8 Å². The molecule has 2 heterocycles. The first-order valence-electron chi connectivity index (χ1n) is 11.8. The molecule has 188 valence electrons. The van der Waals surface area contributed by atoms with Crippen molar-refractivity contribution in [2.75, 3.05) is 25.3 Å². The number of fused-ring (bicyclic) bond motifs is 1. The Morgan fingerprint density at radius 3 is 2.86 bits per heavy atom. The molecule has 0 fully saturated rings. The number of allylic oxidation sites excluding steroid dienone is 1. The number of benzene rings is 1. The maximum atomic E-state index is 12.8. The minimum Gasteiger partial charge on any atom is -0.493 e. The first kappa shape index (κ1) is 25.8. The van der Waals surface area contributed by atoms with E-state index in [-0.39, 0.29) is 11.7 Å². The van der Waals surface area contributed by atoms with Crippen molar-refractivity contribution in [1.82, 2.24) is 14.8 Å². The number of nitrogens with one attached hydrogen (secondary N) is 1. The normalized spacial score (nSPS) is 14.6. The summed E-state index contributed by atoms with van der Waals surface area (Å²) in [7, 11) is 3.17. The lowest BCUT2D eigenvalue weighted by Crippen LogP contribution is -2.15. The summed E-state index contributed by atoms with van der Waals surface area (Å²) in [5.74, 6) is 2.47. The zero-order chi connectivity index (χ0) is 25.7. The highest BCUT2D eigenvalue weighted by Gasteiger charge is 2.26. The quantitative estimate of drug-likeness (QED) is 0.283. The van der Waals surface area contributed by atoms with E-state index in [0.29, 0.717) is 45.5 Å². The van der Waals surface area contributed by atoms with Crippen LogP contribution in [0.4, 0.5) is 5.00 Å². The second kappa shape index (κ2) is 11.6. The highest BCUT2D eigenvalue weighted by Crippen LogP contribution is 2.40. The third-order valence-corrected chi connectivity index (χ3v) is 8.45. The number of ether oxygens (including phenoxy) is 2.